The highest BCUT2D eigenvalue weighted by Gasteiger charge is 2.12. The van der Waals surface area contributed by atoms with Gasteiger partial charge in [-0.05, 0) is 12.3 Å². The summed E-state index contributed by atoms with van der Waals surface area (Å²) in [6.07, 6.45) is 2.49. The third kappa shape index (κ3) is 2.04. The van der Waals surface area contributed by atoms with Gasteiger partial charge in [-0.15, -0.1) is 0 Å². The van der Waals surface area contributed by atoms with Crippen LogP contribution < -0.4 is 5.73 Å². The fourth-order valence-electron chi connectivity index (χ4n) is 1.25. The molecule has 0 spiro atoms. The Bertz CT molecular complexity index is 241. The molecule has 0 aliphatic heterocycles. The van der Waals surface area contributed by atoms with Crippen molar-refractivity contribution in [2.75, 3.05) is 0 Å². The number of nitrogens with zero attached hydrogens (tertiary/aromatic N) is 3. The Balaban J connectivity index is 2.65. The van der Waals surface area contributed by atoms with Gasteiger partial charge in [0.1, 0.15) is 12.2 Å². The summed E-state index contributed by atoms with van der Waals surface area (Å²) < 4.78 is 1.73. The first kappa shape index (κ1) is 9.19. The Morgan fingerprint density at radius 3 is 2.67 bits per heavy atom. The molecule has 0 saturated heterocycles. The van der Waals surface area contributed by atoms with Crippen LogP contribution >= 0.6 is 0 Å². The summed E-state index contributed by atoms with van der Waals surface area (Å²) in [7, 11) is 1.86. The van der Waals surface area contributed by atoms with Crippen LogP contribution in [0.3, 0.4) is 0 Å². The fourth-order valence-corrected chi connectivity index (χ4v) is 1.25. The van der Waals surface area contributed by atoms with Crippen molar-refractivity contribution < 1.29 is 0 Å². The topological polar surface area (TPSA) is 56.7 Å². The Morgan fingerprint density at radius 2 is 2.25 bits per heavy atom. The maximum absolute atomic E-state index is 5.92. The van der Waals surface area contributed by atoms with E-state index in [0.29, 0.717) is 5.92 Å². The van der Waals surface area contributed by atoms with E-state index in [1.54, 1.807) is 4.68 Å². The highest BCUT2D eigenvalue weighted by atomic mass is 15.3. The van der Waals surface area contributed by atoms with Crippen molar-refractivity contribution in [1.82, 2.24) is 14.8 Å². The third-order valence-electron chi connectivity index (χ3n) is 1.80. The van der Waals surface area contributed by atoms with E-state index in [-0.39, 0.29) is 6.04 Å². The third-order valence-corrected chi connectivity index (χ3v) is 1.80. The minimum Gasteiger partial charge on any atom is -0.321 e. The standard InChI is InChI=1S/C8H16N4/c1-6(2)4-7(9)8-10-5-11-12(8)3/h5-7H,4,9H2,1-3H3/t7-/m0/s1. The second-order valence-corrected chi connectivity index (χ2v) is 3.48. The van der Waals surface area contributed by atoms with Crippen molar-refractivity contribution in [3.8, 4) is 0 Å². The molecule has 0 amide bonds. The predicted octanol–water partition coefficient (Wildman–Crippen LogP) is 0.861. The normalized spacial score (nSPS) is 13.8. The molecule has 0 saturated carbocycles. The van der Waals surface area contributed by atoms with Gasteiger partial charge in [0.25, 0.3) is 0 Å². The summed E-state index contributed by atoms with van der Waals surface area (Å²) in [4.78, 5) is 4.10. The molecule has 1 heterocycles. The molecule has 0 aliphatic carbocycles. The van der Waals surface area contributed by atoms with Gasteiger partial charge in [0, 0.05) is 7.05 Å². The molecule has 0 unspecified atom stereocenters. The minimum atomic E-state index is 0.0116. The summed E-state index contributed by atoms with van der Waals surface area (Å²) in [5.74, 6) is 1.46. The molecule has 4 heteroatoms. The van der Waals surface area contributed by atoms with Crippen molar-refractivity contribution in [1.29, 1.82) is 0 Å². The van der Waals surface area contributed by atoms with Crippen LogP contribution in [0.5, 0.6) is 0 Å². The number of rotatable bonds is 3. The summed E-state index contributed by atoms with van der Waals surface area (Å²) in [5, 5.41) is 3.97. The quantitative estimate of drug-likeness (QED) is 0.728. The molecule has 1 aromatic rings. The molecule has 0 aromatic carbocycles. The zero-order valence-electron chi connectivity index (χ0n) is 7.86. The zero-order valence-corrected chi connectivity index (χ0v) is 7.86. The number of hydrogen-bond donors (Lipinski definition) is 1. The molecule has 68 valence electrons. The Kier molecular flexibility index (Phi) is 2.81. The van der Waals surface area contributed by atoms with E-state index in [9.17, 15) is 0 Å². The average molecular weight is 168 g/mol. The fraction of sp³-hybridized carbons (Fsp3) is 0.750. The molecule has 0 bridgehead atoms. The summed E-state index contributed by atoms with van der Waals surface area (Å²) in [5.41, 5.74) is 5.92. The molecule has 1 atom stereocenters. The van der Waals surface area contributed by atoms with Gasteiger partial charge in [0.15, 0.2) is 0 Å². The van der Waals surface area contributed by atoms with Crippen LogP contribution in [0.2, 0.25) is 0 Å². The Labute approximate surface area is 72.8 Å². The second-order valence-electron chi connectivity index (χ2n) is 3.48. The largest absolute Gasteiger partial charge is 0.321 e. The molecule has 0 aliphatic rings. The summed E-state index contributed by atoms with van der Waals surface area (Å²) in [6, 6.07) is 0.0116. The highest BCUT2D eigenvalue weighted by Crippen LogP contribution is 2.15. The van der Waals surface area contributed by atoms with Crippen molar-refractivity contribution in [2.24, 2.45) is 18.7 Å². The monoisotopic (exact) mass is 168 g/mol. The van der Waals surface area contributed by atoms with Crippen LogP contribution in [0, 0.1) is 5.92 Å². The van der Waals surface area contributed by atoms with E-state index in [1.807, 2.05) is 7.05 Å². The van der Waals surface area contributed by atoms with Crippen LogP contribution in [0.1, 0.15) is 32.1 Å². The molecular weight excluding hydrogens is 152 g/mol. The molecule has 4 nitrogen and oxygen atoms in total. The summed E-state index contributed by atoms with van der Waals surface area (Å²) in [6.45, 7) is 4.30. The van der Waals surface area contributed by atoms with E-state index in [2.05, 4.69) is 23.9 Å². The molecular formula is C8H16N4. The van der Waals surface area contributed by atoms with Crippen LogP contribution in [0.25, 0.3) is 0 Å². The van der Waals surface area contributed by atoms with E-state index in [0.717, 1.165) is 12.2 Å². The lowest BCUT2D eigenvalue weighted by Gasteiger charge is -2.12. The van der Waals surface area contributed by atoms with Gasteiger partial charge < -0.3 is 5.73 Å². The van der Waals surface area contributed by atoms with E-state index < -0.39 is 0 Å². The first-order chi connectivity index (χ1) is 5.61. The lowest BCUT2D eigenvalue weighted by atomic mass is 10.0. The van der Waals surface area contributed by atoms with Gasteiger partial charge in [0.2, 0.25) is 0 Å². The van der Waals surface area contributed by atoms with Gasteiger partial charge >= 0.3 is 0 Å². The van der Waals surface area contributed by atoms with Crippen molar-refractivity contribution >= 4 is 0 Å². The lowest BCUT2D eigenvalue weighted by Crippen LogP contribution is -2.17. The molecule has 1 rings (SSSR count). The SMILES string of the molecule is CC(C)C[C@H](N)c1ncnn1C. The molecule has 12 heavy (non-hydrogen) atoms. The smallest absolute Gasteiger partial charge is 0.143 e. The van der Waals surface area contributed by atoms with Gasteiger partial charge in [0.05, 0.1) is 6.04 Å². The zero-order chi connectivity index (χ0) is 9.14. The number of aryl methyl sites for hydroxylation is 1. The van der Waals surface area contributed by atoms with Crippen LogP contribution in [-0.4, -0.2) is 14.8 Å². The van der Waals surface area contributed by atoms with Crippen LogP contribution in [0.4, 0.5) is 0 Å². The number of nitrogens with two attached hydrogens (primary N) is 1. The summed E-state index contributed by atoms with van der Waals surface area (Å²) >= 11 is 0. The van der Waals surface area contributed by atoms with Crippen molar-refractivity contribution in [2.45, 2.75) is 26.3 Å². The maximum atomic E-state index is 5.92. The minimum absolute atomic E-state index is 0.0116. The van der Waals surface area contributed by atoms with Crippen LogP contribution in [-0.2, 0) is 7.05 Å². The van der Waals surface area contributed by atoms with Gasteiger partial charge in [-0.25, -0.2) is 4.98 Å². The van der Waals surface area contributed by atoms with Gasteiger partial charge in [-0.2, -0.15) is 5.10 Å². The predicted molar refractivity (Wildman–Crippen MR) is 47.4 cm³/mol. The van der Waals surface area contributed by atoms with E-state index in [1.165, 1.54) is 6.33 Å². The van der Waals surface area contributed by atoms with E-state index in [4.69, 9.17) is 5.73 Å². The first-order valence-corrected chi connectivity index (χ1v) is 4.20. The molecule has 0 fully saturated rings. The molecule has 0 radical (unpaired) electrons. The highest BCUT2D eigenvalue weighted by molar-refractivity contribution is 4.91. The Morgan fingerprint density at radius 1 is 1.58 bits per heavy atom. The Hall–Kier alpha value is -0.900. The second kappa shape index (κ2) is 3.67. The first-order valence-electron chi connectivity index (χ1n) is 4.20. The van der Waals surface area contributed by atoms with Gasteiger partial charge in [-0.3, -0.25) is 4.68 Å². The maximum Gasteiger partial charge on any atom is 0.143 e. The number of aromatic nitrogens is 3. The molecule has 1 aromatic heterocycles. The number of hydrogen-bond acceptors (Lipinski definition) is 3. The average Bonchev–Trinajstić information content (AvgIpc) is 2.33. The van der Waals surface area contributed by atoms with Gasteiger partial charge in [-0.1, -0.05) is 13.8 Å². The van der Waals surface area contributed by atoms with Crippen molar-refractivity contribution in [3.05, 3.63) is 12.2 Å². The lowest BCUT2D eigenvalue weighted by molar-refractivity contribution is 0.477. The van der Waals surface area contributed by atoms with Crippen molar-refractivity contribution in [3.63, 3.8) is 0 Å². The molecule has 2 N–H and O–H groups in total. The van der Waals surface area contributed by atoms with Crippen LogP contribution in [0.15, 0.2) is 6.33 Å². The van der Waals surface area contributed by atoms with E-state index >= 15 is 0 Å².